The number of carbonyl (C=O) groups excluding carboxylic acids is 1. The SMILES string of the molecule is C#CC(=O)c1cccc(C)c1Br. The van der Waals surface area contributed by atoms with E-state index in [0.717, 1.165) is 10.0 Å². The zero-order valence-electron chi connectivity index (χ0n) is 6.60. The number of ketones is 1. The number of aryl methyl sites for hydroxylation is 1. The molecule has 0 aromatic heterocycles. The molecule has 0 aliphatic heterocycles. The van der Waals surface area contributed by atoms with E-state index >= 15 is 0 Å². The maximum Gasteiger partial charge on any atom is 0.236 e. The van der Waals surface area contributed by atoms with Gasteiger partial charge in [0.1, 0.15) is 0 Å². The minimum absolute atomic E-state index is 0.287. The monoisotopic (exact) mass is 222 g/mol. The standard InChI is InChI=1S/C10H7BrO/c1-3-9(12)8-6-4-5-7(2)10(8)11/h1,4-6H,2H3. The van der Waals surface area contributed by atoms with Gasteiger partial charge in [-0.05, 0) is 40.4 Å². The molecule has 2 heteroatoms. The van der Waals surface area contributed by atoms with E-state index in [1.54, 1.807) is 6.07 Å². The lowest BCUT2D eigenvalue weighted by atomic mass is 10.1. The smallest absolute Gasteiger partial charge is 0.236 e. The quantitative estimate of drug-likeness (QED) is 0.406. The van der Waals surface area contributed by atoms with Crippen molar-refractivity contribution in [1.29, 1.82) is 0 Å². The maximum absolute atomic E-state index is 11.1. The third kappa shape index (κ3) is 1.57. The minimum Gasteiger partial charge on any atom is -0.279 e. The molecule has 60 valence electrons. The van der Waals surface area contributed by atoms with Crippen LogP contribution in [0.1, 0.15) is 15.9 Å². The van der Waals surface area contributed by atoms with Gasteiger partial charge in [-0.15, -0.1) is 6.42 Å². The number of benzene rings is 1. The first-order valence-corrected chi connectivity index (χ1v) is 4.22. The largest absolute Gasteiger partial charge is 0.279 e. The Labute approximate surface area is 79.9 Å². The number of halogens is 1. The van der Waals surface area contributed by atoms with E-state index in [1.807, 2.05) is 19.1 Å². The summed E-state index contributed by atoms with van der Waals surface area (Å²) in [5, 5.41) is 0. The molecule has 0 atom stereocenters. The summed E-state index contributed by atoms with van der Waals surface area (Å²) in [6.07, 6.45) is 5.00. The van der Waals surface area contributed by atoms with E-state index in [0.29, 0.717) is 5.56 Å². The average Bonchev–Trinajstić information content (AvgIpc) is 2.08. The number of Topliss-reactive ketones (excluding diaryl/α,β-unsaturated/α-hetero) is 1. The van der Waals surface area contributed by atoms with Crippen molar-refractivity contribution in [1.82, 2.24) is 0 Å². The van der Waals surface area contributed by atoms with Crippen molar-refractivity contribution in [3.63, 3.8) is 0 Å². The van der Waals surface area contributed by atoms with Crippen molar-refractivity contribution in [3.05, 3.63) is 33.8 Å². The summed E-state index contributed by atoms with van der Waals surface area (Å²) < 4.78 is 0.785. The van der Waals surface area contributed by atoms with Gasteiger partial charge in [-0.3, -0.25) is 4.79 Å². The summed E-state index contributed by atoms with van der Waals surface area (Å²) in [4.78, 5) is 11.1. The molecule has 0 spiro atoms. The highest BCUT2D eigenvalue weighted by Gasteiger charge is 2.07. The van der Waals surface area contributed by atoms with Crippen LogP contribution in [0.4, 0.5) is 0 Å². The average molecular weight is 223 g/mol. The number of carbonyl (C=O) groups is 1. The summed E-state index contributed by atoms with van der Waals surface area (Å²) in [5.41, 5.74) is 1.56. The van der Waals surface area contributed by atoms with Crippen LogP contribution in [0.25, 0.3) is 0 Å². The van der Waals surface area contributed by atoms with Gasteiger partial charge < -0.3 is 0 Å². The van der Waals surface area contributed by atoms with E-state index < -0.39 is 0 Å². The first kappa shape index (κ1) is 9.02. The van der Waals surface area contributed by atoms with Gasteiger partial charge in [-0.1, -0.05) is 12.1 Å². The molecule has 0 heterocycles. The molecule has 1 rings (SSSR count). The molecule has 0 N–H and O–H groups in total. The Morgan fingerprint density at radius 1 is 1.58 bits per heavy atom. The second-order valence-electron chi connectivity index (χ2n) is 2.41. The van der Waals surface area contributed by atoms with Crippen molar-refractivity contribution >= 4 is 21.7 Å². The first-order valence-electron chi connectivity index (χ1n) is 3.43. The lowest BCUT2D eigenvalue weighted by Crippen LogP contribution is -1.96. The third-order valence-electron chi connectivity index (χ3n) is 1.57. The van der Waals surface area contributed by atoms with Crippen molar-refractivity contribution in [2.24, 2.45) is 0 Å². The van der Waals surface area contributed by atoms with Gasteiger partial charge in [-0.2, -0.15) is 0 Å². The highest BCUT2D eigenvalue weighted by atomic mass is 79.9. The number of rotatable bonds is 1. The molecule has 12 heavy (non-hydrogen) atoms. The highest BCUT2D eigenvalue weighted by Crippen LogP contribution is 2.20. The number of hydrogen-bond acceptors (Lipinski definition) is 1. The molecule has 0 amide bonds. The molecule has 1 nitrogen and oxygen atoms in total. The van der Waals surface area contributed by atoms with Gasteiger partial charge in [0.05, 0.1) is 0 Å². The maximum atomic E-state index is 11.1. The van der Waals surface area contributed by atoms with Crippen LogP contribution in [0.5, 0.6) is 0 Å². The van der Waals surface area contributed by atoms with Gasteiger partial charge in [0.15, 0.2) is 0 Å². The summed E-state index contributed by atoms with van der Waals surface area (Å²) >= 11 is 3.31. The fraction of sp³-hybridized carbons (Fsp3) is 0.100. The van der Waals surface area contributed by atoms with E-state index in [1.165, 1.54) is 0 Å². The van der Waals surface area contributed by atoms with Crippen LogP contribution in [0, 0.1) is 19.3 Å². The molecule has 0 saturated carbocycles. The second-order valence-corrected chi connectivity index (χ2v) is 3.20. The van der Waals surface area contributed by atoms with E-state index in [4.69, 9.17) is 6.42 Å². The Kier molecular flexibility index (Phi) is 2.67. The van der Waals surface area contributed by atoms with Gasteiger partial charge in [0.25, 0.3) is 0 Å². The van der Waals surface area contributed by atoms with Crippen molar-refractivity contribution in [3.8, 4) is 12.3 Å². The molecule has 0 radical (unpaired) electrons. The molecular weight excluding hydrogens is 216 g/mol. The summed E-state index contributed by atoms with van der Waals surface area (Å²) in [7, 11) is 0. The Morgan fingerprint density at radius 3 is 2.83 bits per heavy atom. The fourth-order valence-corrected chi connectivity index (χ4v) is 1.34. The van der Waals surface area contributed by atoms with Crippen molar-refractivity contribution in [2.75, 3.05) is 0 Å². The van der Waals surface area contributed by atoms with Crippen LogP contribution in [-0.2, 0) is 0 Å². The molecule has 0 fully saturated rings. The fourth-order valence-electron chi connectivity index (χ4n) is 0.901. The van der Waals surface area contributed by atoms with E-state index in [2.05, 4.69) is 21.9 Å². The predicted octanol–water partition coefficient (Wildman–Crippen LogP) is 2.57. The lowest BCUT2D eigenvalue weighted by molar-refractivity contribution is 0.105. The molecule has 0 bridgehead atoms. The summed E-state index contributed by atoms with van der Waals surface area (Å²) in [6.45, 7) is 1.91. The van der Waals surface area contributed by atoms with E-state index in [-0.39, 0.29) is 5.78 Å². The van der Waals surface area contributed by atoms with Crippen LogP contribution < -0.4 is 0 Å². The molecular formula is C10H7BrO. The van der Waals surface area contributed by atoms with Gasteiger partial charge in [-0.25, -0.2) is 0 Å². The predicted molar refractivity (Wildman–Crippen MR) is 52.0 cm³/mol. The molecule has 1 aromatic carbocycles. The molecule has 0 saturated heterocycles. The van der Waals surface area contributed by atoms with Crippen LogP contribution in [-0.4, -0.2) is 5.78 Å². The summed E-state index contributed by atoms with van der Waals surface area (Å²) in [5.74, 6) is 1.79. The minimum atomic E-state index is -0.287. The second kappa shape index (κ2) is 3.55. The molecule has 0 aliphatic carbocycles. The molecule has 0 unspecified atom stereocenters. The Bertz CT molecular complexity index is 361. The van der Waals surface area contributed by atoms with Crippen LogP contribution >= 0.6 is 15.9 Å². The van der Waals surface area contributed by atoms with Gasteiger partial charge in [0.2, 0.25) is 5.78 Å². The lowest BCUT2D eigenvalue weighted by Gasteiger charge is -2.01. The van der Waals surface area contributed by atoms with Crippen LogP contribution in [0.3, 0.4) is 0 Å². The van der Waals surface area contributed by atoms with Crippen molar-refractivity contribution in [2.45, 2.75) is 6.92 Å². The zero-order valence-corrected chi connectivity index (χ0v) is 8.18. The Balaban J connectivity index is 3.28. The van der Waals surface area contributed by atoms with Crippen LogP contribution in [0.15, 0.2) is 22.7 Å². The zero-order chi connectivity index (χ0) is 9.14. The first-order chi connectivity index (χ1) is 5.66. The Hall–Kier alpha value is -1.07. The third-order valence-corrected chi connectivity index (χ3v) is 2.62. The molecule has 0 aliphatic rings. The molecule has 1 aromatic rings. The summed E-state index contributed by atoms with van der Waals surface area (Å²) in [6, 6.07) is 5.43. The topological polar surface area (TPSA) is 17.1 Å². The van der Waals surface area contributed by atoms with Gasteiger partial charge >= 0.3 is 0 Å². The van der Waals surface area contributed by atoms with Gasteiger partial charge in [0, 0.05) is 10.0 Å². The number of terminal acetylenes is 1. The normalized spacial score (nSPS) is 9.08. The van der Waals surface area contributed by atoms with Crippen LogP contribution in [0.2, 0.25) is 0 Å². The van der Waals surface area contributed by atoms with Crippen molar-refractivity contribution < 1.29 is 4.79 Å². The highest BCUT2D eigenvalue weighted by molar-refractivity contribution is 9.10. The van der Waals surface area contributed by atoms with E-state index in [9.17, 15) is 4.79 Å². The number of hydrogen-bond donors (Lipinski definition) is 0. The Morgan fingerprint density at radius 2 is 2.25 bits per heavy atom.